The van der Waals surface area contributed by atoms with Crippen molar-refractivity contribution >= 4 is 12.2 Å². The van der Waals surface area contributed by atoms with Gasteiger partial charge in [-0.1, -0.05) is 24.3 Å². The number of carbonyl (C=O) groups excluding carboxylic acids is 1. The minimum Gasteiger partial charge on any atom is -0.440 e. The number of benzene rings is 1. The van der Waals surface area contributed by atoms with Gasteiger partial charge in [0.25, 0.3) is 0 Å². The number of rotatable bonds is 3. The number of aliphatic hydroxyl groups is 1. The van der Waals surface area contributed by atoms with Gasteiger partial charge in [-0.15, -0.1) is 0 Å². The van der Waals surface area contributed by atoms with E-state index in [4.69, 9.17) is 4.74 Å². The smallest absolute Gasteiger partial charge is 0.407 e. The summed E-state index contributed by atoms with van der Waals surface area (Å²) in [6.45, 7) is 0.382. The van der Waals surface area contributed by atoms with Gasteiger partial charge in [-0.05, 0) is 60.9 Å². The lowest BCUT2D eigenvalue weighted by molar-refractivity contribution is -0.00236. The summed E-state index contributed by atoms with van der Waals surface area (Å²) in [5, 5.41) is 12.7. The molecule has 2 N–H and O–H groups in total. The van der Waals surface area contributed by atoms with E-state index in [9.17, 15) is 18.7 Å². The van der Waals surface area contributed by atoms with Crippen molar-refractivity contribution in [3.05, 3.63) is 60.2 Å². The molecule has 7 heteroatoms. The van der Waals surface area contributed by atoms with E-state index >= 15 is 0 Å². The largest absolute Gasteiger partial charge is 0.440 e. The van der Waals surface area contributed by atoms with Crippen LogP contribution in [0, 0.1) is 23.6 Å². The van der Waals surface area contributed by atoms with E-state index in [1.165, 1.54) is 12.1 Å². The Labute approximate surface area is 179 Å². The summed E-state index contributed by atoms with van der Waals surface area (Å²) in [6.07, 6.45) is 4.11. The Bertz CT molecular complexity index is 1010. The van der Waals surface area contributed by atoms with Gasteiger partial charge in [-0.3, -0.25) is 4.98 Å². The molecule has 1 amide bonds. The molecule has 0 bridgehead atoms. The topological polar surface area (TPSA) is 71.5 Å². The van der Waals surface area contributed by atoms with Crippen molar-refractivity contribution in [1.29, 1.82) is 0 Å². The molecule has 3 aliphatic rings. The molecular weight excluding hydrogens is 402 g/mol. The number of aliphatic hydroxyl groups excluding tert-OH is 1. The van der Waals surface area contributed by atoms with Crippen molar-refractivity contribution in [1.82, 2.24) is 10.3 Å². The van der Waals surface area contributed by atoms with E-state index in [-0.39, 0.29) is 30.0 Å². The van der Waals surface area contributed by atoms with Crippen LogP contribution in [0.3, 0.4) is 0 Å². The van der Waals surface area contributed by atoms with Crippen molar-refractivity contribution in [3.8, 4) is 11.1 Å². The Hall–Kier alpha value is -2.80. The minimum absolute atomic E-state index is 0.00563. The summed E-state index contributed by atoms with van der Waals surface area (Å²) in [5.74, 6) is -0.362. The number of hydrogen-bond donors (Lipinski definition) is 2. The first-order chi connectivity index (χ1) is 14.9. The van der Waals surface area contributed by atoms with Crippen LogP contribution in [-0.2, 0) is 4.74 Å². The van der Waals surface area contributed by atoms with Crippen LogP contribution in [-0.4, -0.2) is 40.6 Å². The van der Waals surface area contributed by atoms with Gasteiger partial charge in [0.2, 0.25) is 0 Å². The molecule has 2 heterocycles. The fourth-order valence-corrected chi connectivity index (χ4v) is 5.53. The van der Waals surface area contributed by atoms with Gasteiger partial charge in [0.15, 0.2) is 0 Å². The van der Waals surface area contributed by atoms with E-state index < -0.39 is 24.0 Å². The van der Waals surface area contributed by atoms with E-state index in [1.54, 1.807) is 12.3 Å². The predicted octanol–water partition coefficient (Wildman–Crippen LogP) is 4.12. The molecule has 1 aromatic carbocycles. The zero-order chi connectivity index (χ0) is 21.6. The first kappa shape index (κ1) is 20.1. The van der Waals surface area contributed by atoms with Gasteiger partial charge in [-0.2, -0.15) is 0 Å². The van der Waals surface area contributed by atoms with Gasteiger partial charge in [0.05, 0.1) is 18.3 Å². The third kappa shape index (κ3) is 3.71. The van der Waals surface area contributed by atoms with Crippen LogP contribution in [0.25, 0.3) is 17.2 Å². The summed E-state index contributed by atoms with van der Waals surface area (Å²) < 4.78 is 33.5. The van der Waals surface area contributed by atoms with E-state index in [0.717, 1.165) is 11.1 Å². The average Bonchev–Trinajstić information content (AvgIpc) is 3.26. The Balaban J connectivity index is 1.39. The maximum Gasteiger partial charge on any atom is 0.407 e. The highest BCUT2D eigenvalue weighted by molar-refractivity contribution is 5.70. The number of amides is 1. The number of carbonyl (C=O) groups is 1. The van der Waals surface area contributed by atoms with Crippen molar-refractivity contribution < 1.29 is 23.4 Å². The predicted molar refractivity (Wildman–Crippen MR) is 111 cm³/mol. The number of pyridine rings is 1. The zero-order valence-corrected chi connectivity index (χ0v) is 16.9. The average molecular weight is 426 g/mol. The molecule has 5 nitrogen and oxygen atoms in total. The van der Waals surface area contributed by atoms with Gasteiger partial charge < -0.3 is 15.2 Å². The highest BCUT2D eigenvalue weighted by atomic mass is 19.1. The van der Waals surface area contributed by atoms with Gasteiger partial charge >= 0.3 is 6.09 Å². The molecule has 1 spiro atoms. The summed E-state index contributed by atoms with van der Waals surface area (Å²) in [5.41, 5.74) is 1.56. The lowest BCUT2D eigenvalue weighted by Gasteiger charge is -2.34. The van der Waals surface area contributed by atoms with Crippen molar-refractivity contribution in [3.63, 3.8) is 0 Å². The van der Waals surface area contributed by atoms with Crippen LogP contribution in [0.2, 0.25) is 0 Å². The molecule has 162 valence electrons. The first-order valence-electron chi connectivity index (χ1n) is 10.6. The quantitative estimate of drug-likeness (QED) is 0.775. The fraction of sp³-hybridized carbons (Fsp3) is 0.417. The third-order valence-corrected chi connectivity index (χ3v) is 6.99. The van der Waals surface area contributed by atoms with Crippen molar-refractivity contribution in [2.45, 2.75) is 37.1 Å². The molecule has 3 fully saturated rings. The lowest BCUT2D eigenvalue weighted by Crippen LogP contribution is -2.39. The molecule has 6 atom stereocenters. The molecule has 2 saturated carbocycles. The second-order valence-electron chi connectivity index (χ2n) is 8.86. The van der Waals surface area contributed by atoms with Crippen LogP contribution in [0.4, 0.5) is 13.6 Å². The molecule has 2 aliphatic carbocycles. The van der Waals surface area contributed by atoms with Crippen LogP contribution in [0.15, 0.2) is 48.7 Å². The second-order valence-corrected chi connectivity index (χ2v) is 8.86. The molecule has 1 unspecified atom stereocenters. The normalized spacial score (nSPS) is 34.7. The third-order valence-electron chi connectivity index (χ3n) is 6.99. The molecule has 5 rings (SSSR count). The number of fused-ring (bicyclic) bond motifs is 1. The van der Waals surface area contributed by atoms with E-state index in [0.29, 0.717) is 25.1 Å². The molecule has 1 aromatic heterocycles. The number of nitrogens with zero attached hydrogens (tertiary/aromatic N) is 1. The monoisotopic (exact) mass is 426 g/mol. The number of ether oxygens (including phenoxy) is 1. The molecule has 2 aromatic rings. The summed E-state index contributed by atoms with van der Waals surface area (Å²) in [7, 11) is 0. The minimum atomic E-state index is -1.26. The Morgan fingerprint density at radius 3 is 2.81 bits per heavy atom. The highest BCUT2D eigenvalue weighted by Gasteiger charge is 2.59. The number of nitrogens with one attached hydrogen (secondary N) is 1. The van der Waals surface area contributed by atoms with Crippen LogP contribution in [0.1, 0.15) is 25.0 Å². The number of halogens is 2. The first-order valence-corrected chi connectivity index (χ1v) is 10.6. The van der Waals surface area contributed by atoms with Crippen LogP contribution in [0.5, 0.6) is 0 Å². The van der Waals surface area contributed by atoms with E-state index in [2.05, 4.69) is 10.3 Å². The lowest BCUT2D eigenvalue weighted by atomic mass is 9.75. The molecule has 1 saturated heterocycles. The maximum atomic E-state index is 14.3. The maximum absolute atomic E-state index is 14.3. The number of alkyl carbamates (subject to hydrolysis) is 1. The highest BCUT2D eigenvalue weighted by Crippen LogP contribution is 2.54. The Morgan fingerprint density at radius 1 is 1.23 bits per heavy atom. The van der Waals surface area contributed by atoms with Gasteiger partial charge in [-0.25, -0.2) is 13.6 Å². The van der Waals surface area contributed by atoms with Crippen LogP contribution >= 0.6 is 0 Å². The second kappa shape index (κ2) is 7.71. The van der Waals surface area contributed by atoms with Gasteiger partial charge in [0, 0.05) is 17.7 Å². The van der Waals surface area contributed by atoms with Gasteiger partial charge in [0.1, 0.15) is 17.6 Å². The molecule has 0 radical (unpaired) electrons. The number of aromatic nitrogens is 1. The Kier molecular flexibility index (Phi) is 5.01. The van der Waals surface area contributed by atoms with Crippen molar-refractivity contribution in [2.75, 3.05) is 6.54 Å². The Morgan fingerprint density at radius 2 is 2.10 bits per heavy atom. The molecule has 1 aliphatic heterocycles. The number of hydrogen-bond acceptors (Lipinski definition) is 4. The summed E-state index contributed by atoms with van der Waals surface area (Å²) >= 11 is 0. The standard InChI is InChI=1S/C24H24F2N2O3/c25-17-3-1-2-14(8-17)15-4-5-18(27-12-15)6-7-20-19-10-21(26)22(29)9-16(19)11-24(20)13-28-23(30)31-24/h1-8,12,16,19-22,29H,9-11,13H2,(H,28,30)/b7-6+/t16-,19+,20-,21-,22-,24?/m0/s1. The molecular formula is C24H24F2N2O3. The zero-order valence-electron chi connectivity index (χ0n) is 16.9. The van der Waals surface area contributed by atoms with Crippen LogP contribution < -0.4 is 5.32 Å². The van der Waals surface area contributed by atoms with E-state index in [1.807, 2.05) is 30.4 Å². The summed E-state index contributed by atoms with van der Waals surface area (Å²) in [6, 6.07) is 10.1. The number of alkyl halides is 1. The molecule has 31 heavy (non-hydrogen) atoms. The fourth-order valence-electron chi connectivity index (χ4n) is 5.53. The summed E-state index contributed by atoms with van der Waals surface area (Å²) in [4.78, 5) is 16.3. The SMILES string of the molecule is O=C1NCC2(C[C@@H]3C[C@H](O)[C@@H](F)C[C@H]3[C@@H]2/C=C/c2ccc(-c3cccc(F)c3)cn2)O1. The van der Waals surface area contributed by atoms with Crippen molar-refractivity contribution in [2.24, 2.45) is 17.8 Å².